The Hall–Kier alpha value is -2.86. The van der Waals surface area contributed by atoms with Gasteiger partial charge in [0.15, 0.2) is 17.2 Å². The summed E-state index contributed by atoms with van der Waals surface area (Å²) in [5.74, 6) is 0.228. The Morgan fingerprint density at radius 1 is 1.12 bits per heavy atom. The summed E-state index contributed by atoms with van der Waals surface area (Å²) >= 11 is 1.29. The molecule has 0 atom stereocenters. The average molecular weight is 369 g/mol. The lowest BCUT2D eigenvalue weighted by atomic mass is 10.1. The Kier molecular flexibility index (Phi) is 5.53. The minimum atomic E-state index is -1.03. The molecule has 6 heteroatoms. The Morgan fingerprint density at radius 3 is 2.54 bits per heavy atom. The second-order valence-corrected chi connectivity index (χ2v) is 6.57. The van der Waals surface area contributed by atoms with E-state index in [0.717, 1.165) is 11.1 Å². The molecular weight excluding hydrogens is 350 g/mol. The lowest BCUT2D eigenvalue weighted by Gasteiger charge is -2.13. The van der Waals surface area contributed by atoms with Gasteiger partial charge in [0.25, 0.3) is 0 Å². The van der Waals surface area contributed by atoms with E-state index in [4.69, 9.17) is 14.6 Å². The number of rotatable bonds is 7. The van der Waals surface area contributed by atoms with Crippen molar-refractivity contribution in [3.05, 3.63) is 64.7 Å². The number of carboxylic acids is 1. The second kappa shape index (κ2) is 8.01. The molecule has 0 radical (unpaired) electrons. The SMILES string of the molecule is CCOc1cc(-c2nc(C(=O)O)cs2)ccc1OCc1ccc(C)cc1. The number of thiazole rings is 1. The van der Waals surface area contributed by atoms with Crippen molar-refractivity contribution < 1.29 is 19.4 Å². The fraction of sp³-hybridized carbons (Fsp3) is 0.200. The highest BCUT2D eigenvalue weighted by molar-refractivity contribution is 7.13. The lowest BCUT2D eigenvalue weighted by Crippen LogP contribution is -2.00. The Morgan fingerprint density at radius 2 is 1.88 bits per heavy atom. The molecule has 0 spiro atoms. The topological polar surface area (TPSA) is 68.7 Å². The quantitative estimate of drug-likeness (QED) is 0.648. The normalized spacial score (nSPS) is 10.5. The van der Waals surface area contributed by atoms with Gasteiger partial charge in [0.1, 0.15) is 11.6 Å². The first-order valence-corrected chi connectivity index (χ1v) is 9.09. The van der Waals surface area contributed by atoms with E-state index in [0.29, 0.717) is 29.7 Å². The van der Waals surface area contributed by atoms with Gasteiger partial charge in [0.05, 0.1) is 6.61 Å². The zero-order valence-corrected chi connectivity index (χ0v) is 15.4. The van der Waals surface area contributed by atoms with Crippen molar-refractivity contribution in [2.45, 2.75) is 20.5 Å². The van der Waals surface area contributed by atoms with Crippen LogP contribution in [0, 0.1) is 6.92 Å². The molecule has 0 saturated carbocycles. The third kappa shape index (κ3) is 4.21. The summed E-state index contributed by atoms with van der Waals surface area (Å²) in [4.78, 5) is 15.1. The molecule has 0 saturated heterocycles. The number of hydrogen-bond acceptors (Lipinski definition) is 5. The van der Waals surface area contributed by atoms with E-state index in [1.165, 1.54) is 22.3 Å². The fourth-order valence-electron chi connectivity index (χ4n) is 2.38. The van der Waals surface area contributed by atoms with E-state index in [1.807, 2.05) is 56.3 Å². The number of benzene rings is 2. The number of ether oxygens (including phenoxy) is 2. The van der Waals surface area contributed by atoms with Crippen LogP contribution < -0.4 is 9.47 Å². The molecule has 0 amide bonds. The Bertz CT molecular complexity index is 902. The van der Waals surface area contributed by atoms with Crippen LogP contribution in [0.4, 0.5) is 0 Å². The Balaban J connectivity index is 1.81. The first-order chi connectivity index (χ1) is 12.6. The summed E-state index contributed by atoms with van der Waals surface area (Å²) in [6, 6.07) is 13.7. The maximum atomic E-state index is 11.0. The summed E-state index contributed by atoms with van der Waals surface area (Å²) < 4.78 is 11.6. The van der Waals surface area contributed by atoms with Crippen LogP contribution >= 0.6 is 11.3 Å². The van der Waals surface area contributed by atoms with Crippen LogP contribution in [0.1, 0.15) is 28.5 Å². The van der Waals surface area contributed by atoms with E-state index in [2.05, 4.69) is 4.98 Å². The van der Waals surface area contributed by atoms with Gasteiger partial charge in [0, 0.05) is 10.9 Å². The van der Waals surface area contributed by atoms with Crippen LogP contribution in [0.25, 0.3) is 10.6 Å². The predicted octanol–water partition coefficient (Wildman–Crippen LogP) is 4.79. The van der Waals surface area contributed by atoms with Gasteiger partial charge >= 0.3 is 5.97 Å². The molecule has 0 unspecified atom stereocenters. The molecule has 1 N–H and O–H groups in total. The third-order valence-electron chi connectivity index (χ3n) is 3.73. The van der Waals surface area contributed by atoms with Gasteiger partial charge in [-0.3, -0.25) is 0 Å². The molecular formula is C20H19NO4S. The van der Waals surface area contributed by atoms with Crippen molar-refractivity contribution in [3.8, 4) is 22.1 Å². The minimum Gasteiger partial charge on any atom is -0.490 e. The zero-order valence-electron chi connectivity index (χ0n) is 14.6. The summed E-state index contributed by atoms with van der Waals surface area (Å²) in [5.41, 5.74) is 3.13. The van der Waals surface area contributed by atoms with Crippen molar-refractivity contribution in [2.24, 2.45) is 0 Å². The first kappa shape index (κ1) is 17.9. The molecule has 26 heavy (non-hydrogen) atoms. The van der Waals surface area contributed by atoms with Crippen LogP contribution in [0.3, 0.4) is 0 Å². The number of carboxylic acid groups (broad SMARTS) is 1. The summed E-state index contributed by atoms with van der Waals surface area (Å²) in [6.45, 7) is 4.90. The van der Waals surface area contributed by atoms with Crippen molar-refractivity contribution in [1.82, 2.24) is 4.98 Å². The number of carbonyl (C=O) groups is 1. The van der Waals surface area contributed by atoms with Crippen LogP contribution in [-0.4, -0.2) is 22.7 Å². The van der Waals surface area contributed by atoms with Crippen LogP contribution in [0.15, 0.2) is 47.8 Å². The highest BCUT2D eigenvalue weighted by Gasteiger charge is 2.13. The number of aryl methyl sites for hydroxylation is 1. The maximum absolute atomic E-state index is 11.0. The molecule has 0 aliphatic heterocycles. The molecule has 0 fully saturated rings. The van der Waals surface area contributed by atoms with Crippen molar-refractivity contribution in [1.29, 1.82) is 0 Å². The van der Waals surface area contributed by atoms with E-state index >= 15 is 0 Å². The number of aromatic carboxylic acids is 1. The Labute approximate surface area is 155 Å². The molecule has 0 aliphatic carbocycles. The van der Waals surface area contributed by atoms with Gasteiger partial charge in [0.2, 0.25) is 0 Å². The van der Waals surface area contributed by atoms with E-state index in [1.54, 1.807) is 0 Å². The summed E-state index contributed by atoms with van der Waals surface area (Å²) in [6.07, 6.45) is 0. The smallest absolute Gasteiger partial charge is 0.355 e. The van der Waals surface area contributed by atoms with Gasteiger partial charge in [-0.15, -0.1) is 11.3 Å². The van der Waals surface area contributed by atoms with Crippen LogP contribution in [0.5, 0.6) is 11.5 Å². The highest BCUT2D eigenvalue weighted by atomic mass is 32.1. The van der Waals surface area contributed by atoms with E-state index < -0.39 is 5.97 Å². The molecule has 5 nitrogen and oxygen atoms in total. The minimum absolute atomic E-state index is 0.0441. The third-order valence-corrected chi connectivity index (χ3v) is 4.62. The standard InChI is InChI=1S/C20H19NO4S/c1-3-24-18-10-15(19-21-16(12-26-19)20(22)23)8-9-17(18)25-11-14-6-4-13(2)5-7-14/h4-10,12H,3,11H2,1-2H3,(H,22,23). The monoisotopic (exact) mass is 369 g/mol. The van der Waals surface area contributed by atoms with Crippen molar-refractivity contribution >= 4 is 17.3 Å². The summed E-state index contributed by atoms with van der Waals surface area (Å²) in [5, 5.41) is 11.2. The molecule has 3 rings (SSSR count). The van der Waals surface area contributed by atoms with Gasteiger partial charge in [-0.2, -0.15) is 0 Å². The van der Waals surface area contributed by atoms with Crippen molar-refractivity contribution in [2.75, 3.05) is 6.61 Å². The summed E-state index contributed by atoms with van der Waals surface area (Å²) in [7, 11) is 0. The molecule has 0 aliphatic rings. The fourth-order valence-corrected chi connectivity index (χ4v) is 3.17. The van der Waals surface area contributed by atoms with E-state index in [9.17, 15) is 4.79 Å². The maximum Gasteiger partial charge on any atom is 0.355 e. The second-order valence-electron chi connectivity index (χ2n) is 5.71. The lowest BCUT2D eigenvalue weighted by molar-refractivity contribution is 0.0691. The molecule has 2 aromatic carbocycles. The number of nitrogens with zero attached hydrogens (tertiary/aromatic N) is 1. The van der Waals surface area contributed by atoms with E-state index in [-0.39, 0.29) is 5.69 Å². The highest BCUT2D eigenvalue weighted by Crippen LogP contribution is 2.34. The van der Waals surface area contributed by atoms with Crippen LogP contribution in [0.2, 0.25) is 0 Å². The molecule has 1 aromatic heterocycles. The number of hydrogen-bond donors (Lipinski definition) is 1. The largest absolute Gasteiger partial charge is 0.490 e. The first-order valence-electron chi connectivity index (χ1n) is 8.21. The molecule has 3 aromatic rings. The molecule has 134 valence electrons. The van der Waals surface area contributed by atoms with Gasteiger partial charge in [-0.05, 0) is 37.6 Å². The van der Waals surface area contributed by atoms with Gasteiger partial charge in [-0.1, -0.05) is 29.8 Å². The van der Waals surface area contributed by atoms with Crippen LogP contribution in [-0.2, 0) is 6.61 Å². The molecule has 0 bridgehead atoms. The van der Waals surface area contributed by atoms with Gasteiger partial charge in [-0.25, -0.2) is 9.78 Å². The zero-order chi connectivity index (χ0) is 18.5. The van der Waals surface area contributed by atoms with Gasteiger partial charge < -0.3 is 14.6 Å². The average Bonchev–Trinajstić information content (AvgIpc) is 3.13. The predicted molar refractivity (Wildman–Crippen MR) is 101 cm³/mol. The molecule has 1 heterocycles. The number of aromatic nitrogens is 1. The van der Waals surface area contributed by atoms with Crippen molar-refractivity contribution in [3.63, 3.8) is 0 Å².